The number of anilines is 1. The maximum absolute atomic E-state index is 12.7. The third-order valence-corrected chi connectivity index (χ3v) is 5.09. The Bertz CT molecular complexity index is 686. The summed E-state index contributed by atoms with van der Waals surface area (Å²) in [6, 6.07) is 5.63. The highest BCUT2D eigenvalue weighted by Gasteiger charge is 2.46. The molecule has 1 aliphatic carbocycles. The van der Waals surface area contributed by atoms with Crippen molar-refractivity contribution in [2.75, 3.05) is 11.9 Å². The fraction of sp³-hybridized carbons (Fsp3) is 0.450. The number of carbonyl (C=O) groups is 3. The summed E-state index contributed by atoms with van der Waals surface area (Å²) in [5.74, 6) is -0.757. The monoisotopic (exact) mass is 343 g/mol. The van der Waals surface area contributed by atoms with E-state index >= 15 is 0 Å². The number of Topliss-reactive ketones (excluding diaryl/α,β-unsaturated/α-hetero) is 2. The molecule has 2 rings (SSSR count). The average molecular weight is 343 g/mol. The van der Waals surface area contributed by atoms with Gasteiger partial charge in [0.2, 0.25) is 0 Å². The zero-order valence-electron chi connectivity index (χ0n) is 15.1. The van der Waals surface area contributed by atoms with Crippen molar-refractivity contribution in [2.24, 2.45) is 5.41 Å². The Hall–Kier alpha value is -2.43. The smallest absolute Gasteiger partial charge is 0.338 e. The summed E-state index contributed by atoms with van der Waals surface area (Å²) in [7, 11) is 0. The SMILES string of the molecule is C=C1C(=O)C(Nc2ccc(C(=O)OCC)cc2)C(=O)CC1(CC)CC. The van der Waals surface area contributed by atoms with Crippen LogP contribution < -0.4 is 5.32 Å². The number of esters is 1. The van der Waals surface area contributed by atoms with Gasteiger partial charge < -0.3 is 10.1 Å². The van der Waals surface area contributed by atoms with Gasteiger partial charge in [0, 0.05) is 17.5 Å². The lowest BCUT2D eigenvalue weighted by Gasteiger charge is -2.39. The molecule has 0 saturated heterocycles. The number of carbonyl (C=O) groups excluding carboxylic acids is 3. The second-order valence-corrected chi connectivity index (χ2v) is 6.35. The highest BCUT2D eigenvalue weighted by atomic mass is 16.5. The second-order valence-electron chi connectivity index (χ2n) is 6.35. The fourth-order valence-electron chi connectivity index (χ4n) is 3.28. The molecule has 1 aliphatic rings. The molecule has 1 aromatic carbocycles. The van der Waals surface area contributed by atoms with E-state index in [4.69, 9.17) is 4.74 Å². The van der Waals surface area contributed by atoms with Gasteiger partial charge in [0.1, 0.15) is 6.04 Å². The molecule has 0 aliphatic heterocycles. The average Bonchev–Trinajstić information content (AvgIpc) is 2.62. The molecule has 0 spiro atoms. The lowest BCUT2D eigenvalue weighted by atomic mass is 9.65. The Kier molecular flexibility index (Phi) is 5.77. The van der Waals surface area contributed by atoms with Crippen LogP contribution in [0.3, 0.4) is 0 Å². The minimum Gasteiger partial charge on any atom is -0.462 e. The molecule has 0 aromatic heterocycles. The summed E-state index contributed by atoms with van der Waals surface area (Å²) < 4.78 is 4.93. The van der Waals surface area contributed by atoms with Crippen molar-refractivity contribution >= 4 is 23.2 Å². The normalized spacial score (nSPS) is 19.6. The number of ketones is 2. The summed E-state index contributed by atoms with van der Waals surface area (Å²) in [5.41, 5.74) is 1.14. The molecule has 25 heavy (non-hydrogen) atoms. The Morgan fingerprint density at radius 1 is 1.20 bits per heavy atom. The van der Waals surface area contributed by atoms with Crippen molar-refractivity contribution in [1.29, 1.82) is 0 Å². The lowest BCUT2D eigenvalue weighted by Crippen LogP contribution is -2.49. The van der Waals surface area contributed by atoms with E-state index in [1.165, 1.54) is 0 Å². The number of hydrogen-bond donors (Lipinski definition) is 1. The van der Waals surface area contributed by atoms with Crippen LogP contribution in [0.15, 0.2) is 36.4 Å². The van der Waals surface area contributed by atoms with Gasteiger partial charge in [0.15, 0.2) is 11.6 Å². The van der Waals surface area contributed by atoms with Crippen molar-refractivity contribution in [3.05, 3.63) is 42.0 Å². The molecular formula is C20H25NO4. The topological polar surface area (TPSA) is 72.5 Å². The minimum atomic E-state index is -0.910. The molecule has 5 nitrogen and oxygen atoms in total. The van der Waals surface area contributed by atoms with Gasteiger partial charge in [-0.2, -0.15) is 0 Å². The van der Waals surface area contributed by atoms with Crippen LogP contribution in [0, 0.1) is 5.41 Å². The van der Waals surface area contributed by atoms with E-state index in [-0.39, 0.29) is 11.6 Å². The first-order chi connectivity index (χ1) is 11.9. The van der Waals surface area contributed by atoms with Crippen LogP contribution in [0.2, 0.25) is 0 Å². The van der Waals surface area contributed by atoms with E-state index in [0.29, 0.717) is 29.9 Å². The Balaban J connectivity index is 2.15. The maximum atomic E-state index is 12.7. The molecule has 1 atom stereocenters. The molecule has 1 unspecified atom stereocenters. The predicted molar refractivity (Wildman–Crippen MR) is 96.6 cm³/mol. The van der Waals surface area contributed by atoms with Crippen molar-refractivity contribution in [1.82, 2.24) is 0 Å². The molecule has 134 valence electrons. The summed E-state index contributed by atoms with van der Waals surface area (Å²) in [5, 5.41) is 2.98. The molecule has 0 radical (unpaired) electrons. The summed E-state index contributed by atoms with van der Waals surface area (Å²) in [6.45, 7) is 9.99. The Labute approximate surface area is 148 Å². The zero-order chi connectivity index (χ0) is 18.6. The second kappa shape index (κ2) is 7.64. The number of hydrogen-bond acceptors (Lipinski definition) is 5. The molecule has 0 heterocycles. The quantitative estimate of drug-likeness (QED) is 0.486. The fourth-order valence-corrected chi connectivity index (χ4v) is 3.28. The van der Waals surface area contributed by atoms with Gasteiger partial charge >= 0.3 is 5.97 Å². The van der Waals surface area contributed by atoms with Crippen molar-refractivity contribution in [2.45, 2.75) is 46.1 Å². The van der Waals surface area contributed by atoms with Gasteiger partial charge in [-0.15, -0.1) is 0 Å². The molecule has 1 N–H and O–H groups in total. The summed E-state index contributed by atoms with van der Waals surface area (Å²) in [4.78, 5) is 36.9. The number of nitrogens with one attached hydrogen (secondary N) is 1. The summed E-state index contributed by atoms with van der Waals surface area (Å²) >= 11 is 0. The van der Waals surface area contributed by atoms with Gasteiger partial charge in [-0.05, 0) is 49.6 Å². The molecule has 0 amide bonds. The maximum Gasteiger partial charge on any atom is 0.338 e. The van der Waals surface area contributed by atoms with E-state index in [1.54, 1.807) is 31.2 Å². The minimum absolute atomic E-state index is 0.115. The van der Waals surface area contributed by atoms with Crippen LogP contribution in [-0.2, 0) is 14.3 Å². The van der Waals surface area contributed by atoms with Crippen molar-refractivity contribution in [3.8, 4) is 0 Å². The van der Waals surface area contributed by atoms with E-state index in [1.807, 2.05) is 13.8 Å². The van der Waals surface area contributed by atoms with Crippen molar-refractivity contribution in [3.63, 3.8) is 0 Å². The molecule has 1 fully saturated rings. The van der Waals surface area contributed by atoms with Gasteiger partial charge in [0.05, 0.1) is 12.2 Å². The first-order valence-corrected chi connectivity index (χ1v) is 8.68. The molecule has 5 heteroatoms. The van der Waals surface area contributed by atoms with Gasteiger partial charge in [-0.3, -0.25) is 9.59 Å². The van der Waals surface area contributed by atoms with E-state index in [2.05, 4.69) is 11.9 Å². The molecule has 1 aromatic rings. The van der Waals surface area contributed by atoms with Crippen molar-refractivity contribution < 1.29 is 19.1 Å². The van der Waals surface area contributed by atoms with Gasteiger partial charge in [0.25, 0.3) is 0 Å². The Morgan fingerprint density at radius 2 is 1.80 bits per heavy atom. The molecule has 1 saturated carbocycles. The highest BCUT2D eigenvalue weighted by molar-refractivity contribution is 6.19. The lowest BCUT2D eigenvalue weighted by molar-refractivity contribution is -0.131. The molecule has 0 bridgehead atoms. The third kappa shape index (κ3) is 3.65. The van der Waals surface area contributed by atoms with Crippen LogP contribution in [0.1, 0.15) is 50.4 Å². The van der Waals surface area contributed by atoms with Gasteiger partial charge in [-0.1, -0.05) is 20.4 Å². The number of ether oxygens (including phenoxy) is 1. The van der Waals surface area contributed by atoms with E-state index in [9.17, 15) is 14.4 Å². The number of rotatable bonds is 6. The standard InChI is InChI=1S/C20H25NO4/c1-5-20(6-2)12-16(22)17(18(23)13(20)4)21-15-10-8-14(9-11-15)19(24)25-7-3/h8-11,17,21H,4-7,12H2,1-3H3. The van der Waals surface area contributed by atoms with Crippen LogP contribution in [0.4, 0.5) is 5.69 Å². The van der Waals surface area contributed by atoms with Crippen LogP contribution in [-0.4, -0.2) is 30.2 Å². The van der Waals surface area contributed by atoms with Crippen LogP contribution in [0.5, 0.6) is 0 Å². The summed E-state index contributed by atoms with van der Waals surface area (Å²) in [6.07, 6.45) is 1.77. The zero-order valence-corrected chi connectivity index (χ0v) is 15.1. The van der Waals surface area contributed by atoms with E-state index in [0.717, 1.165) is 12.8 Å². The van der Waals surface area contributed by atoms with Crippen LogP contribution >= 0.6 is 0 Å². The first kappa shape index (κ1) is 18.9. The first-order valence-electron chi connectivity index (χ1n) is 8.68. The highest BCUT2D eigenvalue weighted by Crippen LogP contribution is 2.42. The van der Waals surface area contributed by atoms with Gasteiger partial charge in [-0.25, -0.2) is 4.79 Å². The largest absolute Gasteiger partial charge is 0.462 e. The Morgan fingerprint density at radius 3 is 2.32 bits per heavy atom. The molecular weight excluding hydrogens is 318 g/mol. The number of benzene rings is 1. The third-order valence-electron chi connectivity index (χ3n) is 5.09. The predicted octanol–water partition coefficient (Wildman–Crippen LogP) is 3.55. The van der Waals surface area contributed by atoms with Crippen LogP contribution in [0.25, 0.3) is 0 Å². The van der Waals surface area contributed by atoms with E-state index < -0.39 is 17.4 Å².